The highest BCUT2D eigenvalue weighted by molar-refractivity contribution is 7.89. The first-order chi connectivity index (χ1) is 11.8. The first-order valence-electron chi connectivity index (χ1n) is 8.29. The van der Waals surface area contributed by atoms with Crippen LogP contribution in [0.1, 0.15) is 31.7 Å². The van der Waals surface area contributed by atoms with Crippen molar-refractivity contribution in [1.29, 1.82) is 0 Å². The summed E-state index contributed by atoms with van der Waals surface area (Å²) in [5.74, 6) is 1.02. The van der Waals surface area contributed by atoms with Crippen molar-refractivity contribution in [2.75, 3.05) is 39.2 Å². The largest absolute Gasteiger partial charge is 0.491 e. The molecule has 0 aliphatic carbocycles. The smallest absolute Gasteiger partial charge is 0.212 e. The van der Waals surface area contributed by atoms with E-state index in [1.54, 1.807) is 18.2 Å². The van der Waals surface area contributed by atoms with E-state index in [1.807, 2.05) is 13.8 Å². The summed E-state index contributed by atoms with van der Waals surface area (Å²) in [6.45, 7) is 4.58. The summed E-state index contributed by atoms with van der Waals surface area (Å²) in [7, 11) is -1.92. The number of hydrogen-bond acceptors (Lipinski definition) is 6. The minimum Gasteiger partial charge on any atom is -0.491 e. The van der Waals surface area contributed by atoms with Gasteiger partial charge in [0, 0.05) is 25.1 Å². The van der Waals surface area contributed by atoms with E-state index in [0.29, 0.717) is 24.5 Å². The molecule has 0 amide bonds. The third-order valence-corrected chi connectivity index (χ3v) is 5.44. The molecule has 1 aliphatic heterocycles. The lowest BCUT2D eigenvalue weighted by molar-refractivity contribution is 0.0747. The van der Waals surface area contributed by atoms with Crippen molar-refractivity contribution in [3.05, 3.63) is 23.8 Å². The molecule has 1 aromatic carbocycles. The van der Waals surface area contributed by atoms with Crippen molar-refractivity contribution < 1.29 is 27.7 Å². The summed E-state index contributed by atoms with van der Waals surface area (Å²) in [5.41, 5.74) is 0.361. The number of fused-ring (bicyclic) bond motifs is 1. The highest BCUT2D eigenvalue weighted by Crippen LogP contribution is 2.42. The Morgan fingerprint density at radius 3 is 2.80 bits per heavy atom. The van der Waals surface area contributed by atoms with Gasteiger partial charge in [-0.1, -0.05) is 0 Å². The Kier molecular flexibility index (Phi) is 6.67. The topological polar surface area (TPSA) is 94.1 Å². The minimum absolute atomic E-state index is 0.0278. The molecule has 0 aromatic heterocycles. The fourth-order valence-electron chi connectivity index (χ4n) is 3.01. The molecule has 7 nitrogen and oxygen atoms in total. The Hall–Kier alpha value is -1.35. The summed E-state index contributed by atoms with van der Waals surface area (Å²) < 4.78 is 43.6. The zero-order valence-corrected chi connectivity index (χ0v) is 15.8. The van der Waals surface area contributed by atoms with Crippen LogP contribution in [0.25, 0.3) is 0 Å². The lowest BCUT2D eigenvalue weighted by Crippen LogP contribution is -2.39. The van der Waals surface area contributed by atoms with Crippen molar-refractivity contribution in [2.45, 2.75) is 31.8 Å². The van der Waals surface area contributed by atoms with E-state index in [4.69, 9.17) is 19.3 Å². The average Bonchev–Trinajstić information content (AvgIpc) is 2.52. The molecule has 1 aliphatic rings. The molecule has 1 heterocycles. The number of methoxy groups -OCH3 is 1. The maximum Gasteiger partial charge on any atom is 0.212 e. The molecule has 0 saturated carbocycles. The second kappa shape index (κ2) is 8.35. The maximum absolute atomic E-state index is 12.4. The molecule has 0 spiro atoms. The van der Waals surface area contributed by atoms with Crippen molar-refractivity contribution in [3.63, 3.8) is 0 Å². The standard InChI is InChI=1S/C17H27NO6S/c1-17(2)11-13(12-25(20,21)18-6-8-22-3)15-10-14(23-9-7-19)4-5-16(15)24-17/h4-5,10,13,18-19H,6-9,11-12H2,1-3H3. The molecule has 8 heteroatoms. The fourth-order valence-corrected chi connectivity index (χ4v) is 4.35. The number of aliphatic hydroxyl groups excluding tert-OH is 1. The Morgan fingerprint density at radius 2 is 2.12 bits per heavy atom. The third-order valence-electron chi connectivity index (χ3n) is 3.95. The number of nitrogens with one attached hydrogen (secondary N) is 1. The molecule has 1 aromatic rings. The van der Waals surface area contributed by atoms with E-state index in [-0.39, 0.29) is 31.4 Å². The van der Waals surface area contributed by atoms with Crippen molar-refractivity contribution in [3.8, 4) is 11.5 Å². The minimum atomic E-state index is -3.44. The number of rotatable bonds is 9. The van der Waals surface area contributed by atoms with E-state index < -0.39 is 15.6 Å². The molecule has 0 saturated heterocycles. The molecule has 0 fully saturated rings. The van der Waals surface area contributed by atoms with Crippen LogP contribution in [-0.4, -0.2) is 58.4 Å². The first-order valence-corrected chi connectivity index (χ1v) is 9.94. The molecule has 0 bridgehead atoms. The quantitative estimate of drug-likeness (QED) is 0.633. The lowest BCUT2D eigenvalue weighted by atomic mass is 9.85. The second-order valence-corrected chi connectivity index (χ2v) is 8.55. The van der Waals surface area contributed by atoms with Crippen LogP contribution in [0.2, 0.25) is 0 Å². The Balaban J connectivity index is 2.22. The maximum atomic E-state index is 12.4. The van der Waals surface area contributed by atoms with E-state index >= 15 is 0 Å². The average molecular weight is 373 g/mol. The van der Waals surface area contributed by atoms with Gasteiger partial charge in [-0.2, -0.15) is 0 Å². The van der Waals surface area contributed by atoms with Gasteiger partial charge >= 0.3 is 0 Å². The number of sulfonamides is 1. The highest BCUT2D eigenvalue weighted by atomic mass is 32.2. The van der Waals surface area contributed by atoms with Gasteiger partial charge in [0.1, 0.15) is 23.7 Å². The zero-order chi connectivity index (χ0) is 18.5. The Bertz CT molecular complexity index is 674. The predicted octanol–water partition coefficient (Wildman–Crippen LogP) is 1.27. The first kappa shape index (κ1) is 20.0. The van der Waals surface area contributed by atoms with Gasteiger partial charge in [-0.25, -0.2) is 13.1 Å². The van der Waals surface area contributed by atoms with E-state index in [2.05, 4.69) is 4.72 Å². The van der Waals surface area contributed by atoms with Crippen LogP contribution in [0.4, 0.5) is 0 Å². The van der Waals surface area contributed by atoms with Crippen LogP contribution >= 0.6 is 0 Å². The van der Waals surface area contributed by atoms with Crippen LogP contribution in [-0.2, 0) is 14.8 Å². The number of hydrogen-bond donors (Lipinski definition) is 2. The molecule has 2 rings (SSSR count). The Morgan fingerprint density at radius 1 is 1.36 bits per heavy atom. The predicted molar refractivity (Wildman–Crippen MR) is 94.8 cm³/mol. The normalized spacial score (nSPS) is 19.1. The van der Waals surface area contributed by atoms with Crippen LogP contribution in [0.5, 0.6) is 11.5 Å². The molecule has 1 unspecified atom stereocenters. The summed E-state index contributed by atoms with van der Waals surface area (Å²) in [6, 6.07) is 5.36. The van der Waals surface area contributed by atoms with E-state index in [9.17, 15) is 8.42 Å². The van der Waals surface area contributed by atoms with Crippen LogP contribution in [0.15, 0.2) is 18.2 Å². The van der Waals surface area contributed by atoms with Gasteiger partial charge in [0.05, 0.1) is 19.0 Å². The second-order valence-electron chi connectivity index (χ2n) is 6.70. The van der Waals surface area contributed by atoms with E-state index in [0.717, 1.165) is 5.56 Å². The monoisotopic (exact) mass is 373 g/mol. The summed E-state index contributed by atoms with van der Waals surface area (Å²) in [4.78, 5) is 0. The van der Waals surface area contributed by atoms with Gasteiger partial charge < -0.3 is 19.3 Å². The molecular weight excluding hydrogens is 346 g/mol. The van der Waals surface area contributed by atoms with Gasteiger partial charge in [-0.3, -0.25) is 0 Å². The van der Waals surface area contributed by atoms with Gasteiger partial charge in [-0.05, 0) is 38.5 Å². The van der Waals surface area contributed by atoms with Gasteiger partial charge in [0.2, 0.25) is 10.0 Å². The third kappa shape index (κ3) is 5.85. The zero-order valence-electron chi connectivity index (χ0n) is 14.9. The SMILES string of the molecule is COCCNS(=O)(=O)CC1CC(C)(C)Oc2ccc(OCCO)cc21. The number of benzene rings is 1. The Labute approximate surface area is 149 Å². The van der Waals surface area contributed by atoms with Gasteiger partial charge in [0.15, 0.2) is 0 Å². The van der Waals surface area contributed by atoms with Crippen LogP contribution < -0.4 is 14.2 Å². The van der Waals surface area contributed by atoms with Gasteiger partial charge in [0.25, 0.3) is 0 Å². The fraction of sp³-hybridized carbons (Fsp3) is 0.647. The number of aliphatic hydroxyl groups is 1. The lowest BCUT2D eigenvalue weighted by Gasteiger charge is -2.37. The van der Waals surface area contributed by atoms with Crippen molar-refractivity contribution in [2.24, 2.45) is 0 Å². The van der Waals surface area contributed by atoms with Crippen LogP contribution in [0.3, 0.4) is 0 Å². The summed E-state index contributed by atoms with van der Waals surface area (Å²) in [5, 5.41) is 8.89. The molecule has 0 radical (unpaired) electrons. The highest BCUT2D eigenvalue weighted by Gasteiger charge is 2.36. The molecule has 1 atom stereocenters. The van der Waals surface area contributed by atoms with Crippen molar-refractivity contribution >= 4 is 10.0 Å². The molecule has 142 valence electrons. The molecular formula is C17H27NO6S. The summed E-state index contributed by atoms with van der Waals surface area (Å²) >= 11 is 0. The molecule has 2 N–H and O–H groups in total. The summed E-state index contributed by atoms with van der Waals surface area (Å²) in [6.07, 6.45) is 0.578. The van der Waals surface area contributed by atoms with Crippen LogP contribution in [0, 0.1) is 0 Å². The van der Waals surface area contributed by atoms with Crippen molar-refractivity contribution in [1.82, 2.24) is 4.72 Å². The van der Waals surface area contributed by atoms with Gasteiger partial charge in [-0.15, -0.1) is 0 Å². The number of ether oxygens (including phenoxy) is 3. The van der Waals surface area contributed by atoms with E-state index in [1.165, 1.54) is 7.11 Å². The molecule has 25 heavy (non-hydrogen) atoms.